The molecule has 16 heavy (non-hydrogen) atoms. The Labute approximate surface area is 102 Å². The second kappa shape index (κ2) is 6.61. The largest absolute Gasteiger partial charge is 0.314 e. The second-order valence-electron chi connectivity index (χ2n) is 5.97. The molecule has 1 fully saturated rings. The third kappa shape index (κ3) is 4.42. The van der Waals surface area contributed by atoms with Crippen LogP contribution in [0.4, 0.5) is 0 Å². The fraction of sp³-hybridized carbons (Fsp3) is 1.00. The number of nitrogens with zero attached hydrogens (tertiary/aromatic N) is 1. The van der Waals surface area contributed by atoms with E-state index in [0.29, 0.717) is 6.04 Å². The first kappa shape index (κ1) is 14.0. The molecule has 0 aromatic heterocycles. The molecular weight excluding hydrogens is 196 g/mol. The number of hydrogen-bond donors (Lipinski definition) is 1. The van der Waals surface area contributed by atoms with E-state index in [0.717, 1.165) is 24.5 Å². The van der Waals surface area contributed by atoms with Crippen molar-refractivity contribution >= 4 is 0 Å². The number of rotatable bonds is 5. The Morgan fingerprint density at radius 2 is 1.88 bits per heavy atom. The maximum absolute atomic E-state index is 3.51. The quantitative estimate of drug-likeness (QED) is 0.775. The number of likely N-dealkylation sites (tertiary alicyclic amines) is 1. The molecule has 3 unspecified atom stereocenters. The summed E-state index contributed by atoms with van der Waals surface area (Å²) in [4.78, 5) is 2.70. The van der Waals surface area contributed by atoms with Gasteiger partial charge in [0.15, 0.2) is 0 Å². The van der Waals surface area contributed by atoms with E-state index in [1.807, 2.05) is 0 Å². The van der Waals surface area contributed by atoms with Gasteiger partial charge in [0.25, 0.3) is 0 Å². The van der Waals surface area contributed by atoms with Crippen LogP contribution in [0, 0.1) is 5.92 Å². The van der Waals surface area contributed by atoms with E-state index < -0.39 is 0 Å². The zero-order valence-corrected chi connectivity index (χ0v) is 11.8. The first-order valence-electron chi connectivity index (χ1n) is 6.99. The Hall–Kier alpha value is -0.0800. The summed E-state index contributed by atoms with van der Waals surface area (Å²) in [6.07, 6.45) is 4.06. The summed E-state index contributed by atoms with van der Waals surface area (Å²) in [5.74, 6) is 0.886. The van der Waals surface area contributed by atoms with Crippen LogP contribution >= 0.6 is 0 Å². The average Bonchev–Trinajstić information content (AvgIpc) is 2.21. The third-order valence-corrected chi connectivity index (χ3v) is 3.85. The summed E-state index contributed by atoms with van der Waals surface area (Å²) in [7, 11) is 0. The van der Waals surface area contributed by atoms with Gasteiger partial charge in [-0.25, -0.2) is 0 Å². The van der Waals surface area contributed by atoms with Crippen molar-refractivity contribution in [3.05, 3.63) is 0 Å². The molecule has 2 heteroatoms. The van der Waals surface area contributed by atoms with Gasteiger partial charge in [-0.15, -0.1) is 0 Å². The van der Waals surface area contributed by atoms with E-state index in [9.17, 15) is 0 Å². The van der Waals surface area contributed by atoms with Crippen molar-refractivity contribution in [2.24, 2.45) is 5.92 Å². The summed E-state index contributed by atoms with van der Waals surface area (Å²) in [5.41, 5.74) is 0. The predicted molar refractivity (Wildman–Crippen MR) is 71.8 cm³/mol. The van der Waals surface area contributed by atoms with Gasteiger partial charge in [0.05, 0.1) is 0 Å². The molecule has 1 aliphatic heterocycles. The van der Waals surface area contributed by atoms with Crippen LogP contribution in [0.3, 0.4) is 0 Å². The highest BCUT2D eigenvalue weighted by molar-refractivity contribution is 4.81. The highest BCUT2D eigenvalue weighted by atomic mass is 15.2. The van der Waals surface area contributed by atoms with Crippen LogP contribution in [0.1, 0.15) is 53.9 Å². The van der Waals surface area contributed by atoms with E-state index in [1.54, 1.807) is 0 Å². The molecule has 3 atom stereocenters. The van der Waals surface area contributed by atoms with Gasteiger partial charge >= 0.3 is 0 Å². The number of nitrogens with one attached hydrogen (secondary N) is 1. The highest BCUT2D eigenvalue weighted by Gasteiger charge is 2.26. The Bertz CT molecular complexity index is 191. The first-order valence-corrected chi connectivity index (χ1v) is 6.99. The molecule has 1 heterocycles. The Morgan fingerprint density at radius 3 is 2.50 bits per heavy atom. The van der Waals surface area contributed by atoms with Gasteiger partial charge in [-0.3, -0.25) is 4.90 Å². The Morgan fingerprint density at radius 1 is 1.19 bits per heavy atom. The molecule has 96 valence electrons. The molecule has 0 bridgehead atoms. The molecule has 0 aromatic rings. The van der Waals surface area contributed by atoms with E-state index in [4.69, 9.17) is 0 Å². The van der Waals surface area contributed by atoms with Crippen molar-refractivity contribution in [3.63, 3.8) is 0 Å². The van der Waals surface area contributed by atoms with Gasteiger partial charge in [0.1, 0.15) is 0 Å². The smallest absolute Gasteiger partial charge is 0.00819 e. The van der Waals surface area contributed by atoms with Crippen molar-refractivity contribution in [2.45, 2.75) is 72.0 Å². The van der Waals surface area contributed by atoms with Crippen molar-refractivity contribution in [1.29, 1.82) is 0 Å². The van der Waals surface area contributed by atoms with Crippen LogP contribution in [-0.4, -0.2) is 36.1 Å². The first-order chi connectivity index (χ1) is 7.50. The van der Waals surface area contributed by atoms with Crippen LogP contribution < -0.4 is 5.32 Å². The summed E-state index contributed by atoms with van der Waals surface area (Å²) in [6, 6.07) is 2.12. The fourth-order valence-electron chi connectivity index (χ4n) is 2.68. The predicted octanol–water partition coefficient (Wildman–Crippen LogP) is 2.88. The minimum atomic E-state index is 0.616. The summed E-state index contributed by atoms with van der Waals surface area (Å²) >= 11 is 0. The van der Waals surface area contributed by atoms with Gasteiger partial charge in [0.2, 0.25) is 0 Å². The SMILES string of the molecule is CC1CCC(C)N(C(C)CCNC(C)C)C1. The topological polar surface area (TPSA) is 15.3 Å². The normalized spacial score (nSPS) is 29.6. The van der Waals surface area contributed by atoms with Gasteiger partial charge < -0.3 is 5.32 Å². The molecule has 0 aliphatic carbocycles. The van der Waals surface area contributed by atoms with Crippen LogP contribution in [0.25, 0.3) is 0 Å². The standard InChI is InChI=1S/C14H30N2/c1-11(2)15-9-8-14(5)16-10-12(3)6-7-13(16)4/h11-15H,6-10H2,1-5H3. The van der Waals surface area contributed by atoms with Crippen LogP contribution in [0.15, 0.2) is 0 Å². The fourth-order valence-corrected chi connectivity index (χ4v) is 2.68. The molecule has 0 radical (unpaired) electrons. The molecule has 1 rings (SSSR count). The lowest BCUT2D eigenvalue weighted by atomic mass is 9.93. The van der Waals surface area contributed by atoms with E-state index in [1.165, 1.54) is 25.8 Å². The van der Waals surface area contributed by atoms with E-state index >= 15 is 0 Å². The lowest BCUT2D eigenvalue weighted by Crippen LogP contribution is -2.47. The summed E-state index contributed by atoms with van der Waals surface area (Å²) in [5, 5.41) is 3.51. The Balaban J connectivity index is 2.30. The zero-order chi connectivity index (χ0) is 12.1. The van der Waals surface area contributed by atoms with Crippen molar-refractivity contribution in [2.75, 3.05) is 13.1 Å². The zero-order valence-electron chi connectivity index (χ0n) is 11.8. The molecular formula is C14H30N2. The lowest BCUT2D eigenvalue weighted by molar-refractivity contribution is 0.0803. The lowest BCUT2D eigenvalue weighted by Gasteiger charge is -2.41. The highest BCUT2D eigenvalue weighted by Crippen LogP contribution is 2.24. The van der Waals surface area contributed by atoms with Crippen LogP contribution in [0.5, 0.6) is 0 Å². The maximum atomic E-state index is 3.51. The van der Waals surface area contributed by atoms with E-state index in [-0.39, 0.29) is 0 Å². The number of piperidine rings is 1. The second-order valence-corrected chi connectivity index (χ2v) is 5.97. The molecule has 0 spiro atoms. The molecule has 0 saturated carbocycles. The number of hydrogen-bond acceptors (Lipinski definition) is 2. The monoisotopic (exact) mass is 226 g/mol. The van der Waals surface area contributed by atoms with Crippen molar-refractivity contribution in [1.82, 2.24) is 10.2 Å². The van der Waals surface area contributed by atoms with Crippen molar-refractivity contribution < 1.29 is 0 Å². The molecule has 1 saturated heterocycles. The average molecular weight is 226 g/mol. The van der Waals surface area contributed by atoms with Gasteiger partial charge in [0, 0.05) is 24.7 Å². The van der Waals surface area contributed by atoms with Crippen LogP contribution in [0.2, 0.25) is 0 Å². The molecule has 0 amide bonds. The third-order valence-electron chi connectivity index (χ3n) is 3.85. The minimum Gasteiger partial charge on any atom is -0.314 e. The molecule has 2 nitrogen and oxygen atoms in total. The minimum absolute atomic E-state index is 0.616. The van der Waals surface area contributed by atoms with Gasteiger partial charge in [-0.05, 0) is 45.6 Å². The van der Waals surface area contributed by atoms with E-state index in [2.05, 4.69) is 44.8 Å². The van der Waals surface area contributed by atoms with Gasteiger partial charge in [-0.1, -0.05) is 20.8 Å². The Kier molecular flexibility index (Phi) is 5.77. The molecule has 0 aromatic carbocycles. The summed E-state index contributed by atoms with van der Waals surface area (Å²) < 4.78 is 0. The van der Waals surface area contributed by atoms with Gasteiger partial charge in [-0.2, -0.15) is 0 Å². The summed E-state index contributed by atoms with van der Waals surface area (Å²) in [6.45, 7) is 14.0. The van der Waals surface area contributed by atoms with Crippen molar-refractivity contribution in [3.8, 4) is 0 Å². The van der Waals surface area contributed by atoms with Crippen LogP contribution in [-0.2, 0) is 0 Å². The molecule has 1 aliphatic rings. The maximum Gasteiger partial charge on any atom is 0.00819 e. The molecule has 1 N–H and O–H groups in total.